The smallest absolute Gasteiger partial charge is 0.165 e. The van der Waals surface area contributed by atoms with Gasteiger partial charge in [-0.15, -0.1) is 0 Å². The van der Waals surface area contributed by atoms with Crippen LogP contribution in [0, 0.1) is 11.8 Å². The van der Waals surface area contributed by atoms with E-state index in [2.05, 4.69) is 39.0 Å². The summed E-state index contributed by atoms with van der Waals surface area (Å²) in [6.45, 7) is 8.30. The Labute approximate surface area is 113 Å². The Morgan fingerprint density at radius 2 is 1.53 bits per heavy atom. The van der Waals surface area contributed by atoms with E-state index in [0.29, 0.717) is 0 Å². The van der Waals surface area contributed by atoms with E-state index in [-0.39, 0.29) is 23.2 Å². The van der Waals surface area contributed by atoms with E-state index in [9.17, 15) is 4.79 Å². The molecule has 0 spiro atoms. The van der Waals surface area contributed by atoms with Crippen LogP contribution in [0.15, 0.2) is 35.4 Å². The highest BCUT2D eigenvalue weighted by Gasteiger charge is 2.70. The molecule has 1 aromatic rings. The first kappa shape index (κ1) is 11.4. The molecule has 2 bridgehead atoms. The molecule has 0 N–H and O–H groups in total. The number of Topliss-reactive ketones (excluding diaryl/α,β-unsaturated/α-hetero) is 1. The van der Waals surface area contributed by atoms with Crippen LogP contribution in [0.5, 0.6) is 0 Å². The third-order valence-corrected chi connectivity index (χ3v) is 5.65. The van der Waals surface area contributed by atoms with E-state index in [1.807, 2.05) is 13.0 Å². The van der Waals surface area contributed by atoms with Gasteiger partial charge in [-0.1, -0.05) is 29.8 Å². The third kappa shape index (κ3) is 0.995. The Morgan fingerprint density at radius 3 is 2.11 bits per heavy atom. The Balaban J connectivity index is 2.04. The number of hydrogen-bond donors (Lipinski definition) is 0. The molecule has 1 aromatic carbocycles. The molecule has 0 aromatic heterocycles. The van der Waals surface area contributed by atoms with Gasteiger partial charge in [-0.25, -0.2) is 0 Å². The Bertz CT molecular complexity index is 657. The fourth-order valence-corrected chi connectivity index (χ4v) is 4.72. The van der Waals surface area contributed by atoms with Crippen LogP contribution in [0.1, 0.15) is 38.8 Å². The van der Waals surface area contributed by atoms with Crippen LogP contribution in [0.25, 0.3) is 0 Å². The first-order valence-corrected chi connectivity index (χ1v) is 6.93. The fraction of sp³-hybridized carbons (Fsp3) is 0.471. The minimum atomic E-state index is -0.452. The number of ether oxygens (including phenoxy) is 1. The number of carbonyl (C=O) groups excluding carboxylic acids is 1. The van der Waals surface area contributed by atoms with Gasteiger partial charge in [0.25, 0.3) is 0 Å². The van der Waals surface area contributed by atoms with E-state index >= 15 is 0 Å². The quantitative estimate of drug-likeness (QED) is 0.710. The molecule has 0 amide bonds. The summed E-state index contributed by atoms with van der Waals surface area (Å²) < 4.78 is 6.42. The van der Waals surface area contributed by atoms with Crippen LogP contribution in [-0.4, -0.2) is 5.78 Å². The van der Waals surface area contributed by atoms with Crippen molar-refractivity contribution in [2.45, 2.75) is 38.9 Å². The van der Waals surface area contributed by atoms with E-state index in [1.165, 1.54) is 16.7 Å². The van der Waals surface area contributed by atoms with E-state index < -0.39 is 5.60 Å². The van der Waals surface area contributed by atoms with Gasteiger partial charge in [0.05, 0.1) is 11.5 Å². The van der Waals surface area contributed by atoms with Gasteiger partial charge in [0.2, 0.25) is 0 Å². The van der Waals surface area contributed by atoms with Gasteiger partial charge >= 0.3 is 0 Å². The van der Waals surface area contributed by atoms with Crippen molar-refractivity contribution in [3.05, 3.63) is 46.5 Å². The lowest BCUT2D eigenvalue weighted by molar-refractivity contribution is -0.126. The largest absolute Gasteiger partial charge is 0.358 e. The van der Waals surface area contributed by atoms with Gasteiger partial charge in [-0.3, -0.25) is 4.79 Å². The SMILES string of the molecule is CC1=C(C)[C@@H]2[C@H](C1=O)[C@]1(C)O[C@@]2(C)c2ccccc21. The van der Waals surface area contributed by atoms with Gasteiger partial charge in [-0.2, -0.15) is 0 Å². The van der Waals surface area contributed by atoms with E-state index in [4.69, 9.17) is 4.74 Å². The topological polar surface area (TPSA) is 26.3 Å². The van der Waals surface area contributed by atoms with Gasteiger partial charge in [0.15, 0.2) is 5.78 Å². The lowest BCUT2D eigenvalue weighted by Crippen LogP contribution is -2.38. The summed E-state index contributed by atoms with van der Waals surface area (Å²) >= 11 is 0. The number of rotatable bonds is 0. The second-order valence-corrected chi connectivity index (χ2v) is 6.49. The molecule has 4 atom stereocenters. The van der Waals surface area contributed by atoms with Gasteiger partial charge in [-0.05, 0) is 44.4 Å². The first-order chi connectivity index (χ1) is 8.91. The predicted molar refractivity (Wildman–Crippen MR) is 72.6 cm³/mol. The minimum absolute atomic E-state index is 0.0348. The molecule has 0 unspecified atom stereocenters. The van der Waals surface area contributed by atoms with Crippen LogP contribution in [0.4, 0.5) is 0 Å². The average molecular weight is 254 g/mol. The van der Waals surface area contributed by atoms with E-state index in [1.54, 1.807) is 0 Å². The Morgan fingerprint density at radius 1 is 1.00 bits per heavy atom. The van der Waals surface area contributed by atoms with Crippen molar-refractivity contribution in [3.63, 3.8) is 0 Å². The summed E-state index contributed by atoms with van der Waals surface area (Å²) in [5.74, 6) is 0.454. The van der Waals surface area contributed by atoms with Crippen molar-refractivity contribution >= 4 is 5.78 Å². The minimum Gasteiger partial charge on any atom is -0.358 e. The maximum Gasteiger partial charge on any atom is 0.165 e. The summed E-state index contributed by atoms with van der Waals surface area (Å²) in [7, 11) is 0. The van der Waals surface area contributed by atoms with E-state index in [0.717, 1.165) is 5.57 Å². The van der Waals surface area contributed by atoms with Crippen molar-refractivity contribution in [1.82, 2.24) is 0 Å². The monoisotopic (exact) mass is 254 g/mol. The number of ketones is 1. The molecule has 98 valence electrons. The highest BCUT2D eigenvalue weighted by Crippen LogP contribution is 2.68. The summed E-state index contributed by atoms with van der Waals surface area (Å²) in [6.07, 6.45) is 0. The maximum absolute atomic E-state index is 12.6. The Hall–Kier alpha value is -1.41. The van der Waals surface area contributed by atoms with Crippen molar-refractivity contribution in [3.8, 4) is 0 Å². The third-order valence-electron chi connectivity index (χ3n) is 5.65. The lowest BCUT2D eigenvalue weighted by atomic mass is 9.64. The second-order valence-electron chi connectivity index (χ2n) is 6.49. The Kier molecular flexibility index (Phi) is 1.81. The van der Waals surface area contributed by atoms with Crippen LogP contribution in [-0.2, 0) is 20.7 Å². The molecule has 2 aliphatic heterocycles. The standard InChI is InChI=1S/C17H18O2/c1-9-10(2)15(18)14-13(9)16(3)11-7-5-6-8-12(11)17(14,4)19-16/h5-8,13-14H,1-4H3/t13-,14-,16+,17-/m1/s1. The zero-order valence-corrected chi connectivity index (χ0v) is 11.8. The van der Waals surface area contributed by atoms with Crippen LogP contribution < -0.4 is 0 Å². The van der Waals surface area contributed by atoms with Gasteiger partial charge in [0.1, 0.15) is 5.60 Å². The molecule has 0 radical (unpaired) electrons. The number of carbonyl (C=O) groups is 1. The molecule has 1 saturated heterocycles. The van der Waals surface area contributed by atoms with Gasteiger partial charge < -0.3 is 4.74 Å². The number of benzene rings is 1. The number of fused-ring (bicyclic) bond motifs is 8. The van der Waals surface area contributed by atoms with Crippen molar-refractivity contribution < 1.29 is 9.53 Å². The molecule has 0 saturated carbocycles. The molecule has 2 heteroatoms. The molecule has 2 nitrogen and oxygen atoms in total. The zero-order valence-electron chi connectivity index (χ0n) is 11.8. The lowest BCUT2D eigenvalue weighted by Gasteiger charge is -2.34. The van der Waals surface area contributed by atoms with Crippen molar-refractivity contribution in [2.75, 3.05) is 0 Å². The van der Waals surface area contributed by atoms with Gasteiger partial charge in [0, 0.05) is 5.92 Å². The molecule has 1 fully saturated rings. The van der Waals surface area contributed by atoms with Crippen LogP contribution in [0.3, 0.4) is 0 Å². The summed E-state index contributed by atoms with van der Waals surface area (Å²) in [5, 5.41) is 0. The molecular formula is C17H18O2. The van der Waals surface area contributed by atoms with Crippen LogP contribution >= 0.6 is 0 Å². The maximum atomic E-state index is 12.6. The average Bonchev–Trinajstić information content (AvgIpc) is 2.88. The number of allylic oxidation sites excluding steroid dienone is 1. The number of hydrogen-bond acceptors (Lipinski definition) is 2. The van der Waals surface area contributed by atoms with Crippen molar-refractivity contribution in [2.24, 2.45) is 11.8 Å². The first-order valence-electron chi connectivity index (χ1n) is 6.93. The molecular weight excluding hydrogens is 236 g/mol. The molecule has 1 aliphatic carbocycles. The fourth-order valence-electron chi connectivity index (χ4n) is 4.72. The highest BCUT2D eigenvalue weighted by molar-refractivity contribution is 6.02. The summed E-state index contributed by atoms with van der Waals surface area (Å²) in [6, 6.07) is 8.38. The van der Waals surface area contributed by atoms with Crippen LogP contribution in [0.2, 0.25) is 0 Å². The summed E-state index contributed by atoms with van der Waals surface area (Å²) in [4.78, 5) is 12.6. The predicted octanol–water partition coefficient (Wildman–Crippen LogP) is 3.31. The molecule has 19 heavy (non-hydrogen) atoms. The normalized spacial score (nSPS) is 42.8. The summed E-state index contributed by atoms with van der Waals surface area (Å²) in [5.41, 5.74) is 3.84. The zero-order chi connectivity index (χ0) is 13.6. The van der Waals surface area contributed by atoms with Crippen molar-refractivity contribution in [1.29, 1.82) is 0 Å². The molecule has 2 heterocycles. The second kappa shape index (κ2) is 3.01. The molecule has 3 aliphatic rings. The highest BCUT2D eigenvalue weighted by atomic mass is 16.5. The molecule has 4 rings (SSSR count).